The second-order valence-electron chi connectivity index (χ2n) is 4.35. The van der Waals surface area contributed by atoms with Crippen molar-refractivity contribution in [2.45, 2.75) is 24.4 Å². The van der Waals surface area contributed by atoms with E-state index in [1.165, 1.54) is 19.2 Å². The number of rotatable bonds is 3. The molecule has 0 heterocycles. The molecule has 0 atom stereocenters. The molecule has 0 unspecified atom stereocenters. The second-order valence-corrected chi connectivity index (χ2v) is 4.35. The lowest BCUT2D eigenvalue weighted by Gasteiger charge is -2.19. The number of aliphatic hydroxyl groups excluding tert-OH is 1. The van der Waals surface area contributed by atoms with Crippen molar-refractivity contribution in [1.29, 1.82) is 0 Å². The maximum Gasteiger partial charge on any atom is 0.416 e. The van der Waals surface area contributed by atoms with Crippen molar-refractivity contribution in [2.24, 2.45) is 0 Å². The number of aliphatic hydroxyl groups is 1. The van der Waals surface area contributed by atoms with Crippen LogP contribution in [0.25, 0.3) is 0 Å². The van der Waals surface area contributed by atoms with Gasteiger partial charge in [-0.1, -0.05) is 6.07 Å². The SMILES string of the molecule is COc1ccc(C2(CO)CC2)c(C(F)(F)F)c1. The molecule has 0 spiro atoms. The summed E-state index contributed by atoms with van der Waals surface area (Å²) in [5.74, 6) is 0.176. The van der Waals surface area contributed by atoms with Gasteiger partial charge in [0.1, 0.15) is 5.75 Å². The Kier molecular flexibility index (Phi) is 2.81. The summed E-state index contributed by atoms with van der Waals surface area (Å²) in [6, 6.07) is 3.90. The van der Waals surface area contributed by atoms with Crippen LogP contribution in [0.4, 0.5) is 13.2 Å². The summed E-state index contributed by atoms with van der Waals surface area (Å²) in [5, 5.41) is 9.23. The van der Waals surface area contributed by atoms with E-state index in [0.29, 0.717) is 12.8 Å². The predicted molar refractivity (Wildman–Crippen MR) is 56.0 cm³/mol. The first-order valence-corrected chi connectivity index (χ1v) is 5.29. The highest BCUT2D eigenvalue weighted by Crippen LogP contribution is 2.52. The Morgan fingerprint density at radius 1 is 1.35 bits per heavy atom. The number of alkyl halides is 3. The van der Waals surface area contributed by atoms with Gasteiger partial charge in [0.15, 0.2) is 0 Å². The van der Waals surface area contributed by atoms with E-state index in [0.717, 1.165) is 6.07 Å². The van der Waals surface area contributed by atoms with Gasteiger partial charge in [-0.2, -0.15) is 13.2 Å². The molecule has 0 aromatic heterocycles. The van der Waals surface area contributed by atoms with E-state index in [1.807, 2.05) is 0 Å². The zero-order chi connectivity index (χ0) is 12.7. The van der Waals surface area contributed by atoms with Gasteiger partial charge in [-0.3, -0.25) is 0 Å². The third-order valence-corrected chi connectivity index (χ3v) is 3.26. The number of halogens is 3. The molecule has 0 bridgehead atoms. The first-order chi connectivity index (χ1) is 7.93. The number of methoxy groups -OCH3 is 1. The van der Waals surface area contributed by atoms with Crippen LogP contribution in [-0.2, 0) is 11.6 Å². The molecule has 2 rings (SSSR count). The third-order valence-electron chi connectivity index (χ3n) is 3.26. The average molecular weight is 246 g/mol. The molecule has 1 saturated carbocycles. The molecule has 94 valence electrons. The summed E-state index contributed by atoms with van der Waals surface area (Å²) < 4.78 is 43.6. The molecule has 0 amide bonds. The number of hydrogen-bond acceptors (Lipinski definition) is 2. The molecule has 1 aliphatic rings. The molecule has 0 saturated heterocycles. The normalized spacial score (nSPS) is 17.9. The van der Waals surface area contributed by atoms with Crippen molar-refractivity contribution in [3.63, 3.8) is 0 Å². The Balaban J connectivity index is 2.52. The topological polar surface area (TPSA) is 29.5 Å². The molecule has 1 fully saturated rings. The average Bonchev–Trinajstić information content (AvgIpc) is 3.08. The van der Waals surface area contributed by atoms with Crippen molar-refractivity contribution in [3.8, 4) is 5.75 Å². The van der Waals surface area contributed by atoms with Gasteiger partial charge in [0.25, 0.3) is 0 Å². The van der Waals surface area contributed by atoms with Gasteiger partial charge in [0, 0.05) is 5.41 Å². The number of hydrogen-bond donors (Lipinski definition) is 1. The van der Waals surface area contributed by atoms with Crippen molar-refractivity contribution >= 4 is 0 Å². The van der Waals surface area contributed by atoms with E-state index < -0.39 is 17.2 Å². The third kappa shape index (κ3) is 2.11. The predicted octanol–water partition coefficient (Wildman–Crippen LogP) is 2.74. The van der Waals surface area contributed by atoms with E-state index in [2.05, 4.69) is 0 Å². The van der Waals surface area contributed by atoms with Crippen LogP contribution in [0.3, 0.4) is 0 Å². The summed E-state index contributed by atoms with van der Waals surface area (Å²) in [6.45, 7) is -0.248. The number of ether oxygens (including phenoxy) is 1. The summed E-state index contributed by atoms with van der Waals surface area (Å²) in [4.78, 5) is 0. The standard InChI is InChI=1S/C12H13F3O2/c1-17-8-2-3-9(11(7-16)4-5-11)10(6-8)12(13,14)15/h2-3,6,16H,4-5,7H2,1H3. The van der Waals surface area contributed by atoms with E-state index in [1.54, 1.807) is 0 Å². The van der Waals surface area contributed by atoms with Crippen LogP contribution >= 0.6 is 0 Å². The monoisotopic (exact) mass is 246 g/mol. The zero-order valence-corrected chi connectivity index (χ0v) is 9.34. The molecule has 1 aromatic carbocycles. The zero-order valence-electron chi connectivity index (χ0n) is 9.34. The second kappa shape index (κ2) is 3.91. The highest BCUT2D eigenvalue weighted by Gasteiger charge is 2.49. The van der Waals surface area contributed by atoms with Crippen LogP contribution in [0.2, 0.25) is 0 Å². The molecule has 0 aliphatic heterocycles. The first kappa shape index (κ1) is 12.2. The Morgan fingerprint density at radius 2 is 2.00 bits per heavy atom. The van der Waals surface area contributed by atoms with Crippen LogP contribution in [0.1, 0.15) is 24.0 Å². The van der Waals surface area contributed by atoms with Gasteiger partial charge in [0.05, 0.1) is 19.3 Å². The number of benzene rings is 1. The fourth-order valence-electron chi connectivity index (χ4n) is 2.01. The smallest absolute Gasteiger partial charge is 0.416 e. The largest absolute Gasteiger partial charge is 0.497 e. The fourth-order valence-corrected chi connectivity index (χ4v) is 2.01. The molecular formula is C12H13F3O2. The highest BCUT2D eigenvalue weighted by molar-refractivity contribution is 5.44. The van der Waals surface area contributed by atoms with E-state index in [9.17, 15) is 18.3 Å². The molecule has 5 heteroatoms. The molecule has 1 N–H and O–H groups in total. The lowest BCUT2D eigenvalue weighted by atomic mass is 9.91. The molecule has 1 aromatic rings. The van der Waals surface area contributed by atoms with Crippen LogP contribution < -0.4 is 4.74 Å². The van der Waals surface area contributed by atoms with Crippen molar-refractivity contribution in [3.05, 3.63) is 29.3 Å². The molecule has 1 aliphatic carbocycles. The van der Waals surface area contributed by atoms with Crippen molar-refractivity contribution in [2.75, 3.05) is 13.7 Å². The Bertz CT molecular complexity index is 422. The van der Waals surface area contributed by atoms with E-state index in [-0.39, 0.29) is 17.9 Å². The minimum Gasteiger partial charge on any atom is -0.497 e. The van der Waals surface area contributed by atoms with E-state index in [4.69, 9.17) is 4.74 Å². The minimum absolute atomic E-state index is 0.174. The van der Waals surface area contributed by atoms with Crippen LogP contribution in [-0.4, -0.2) is 18.8 Å². The maximum atomic E-state index is 12.9. The Hall–Kier alpha value is -1.23. The van der Waals surface area contributed by atoms with Gasteiger partial charge in [-0.25, -0.2) is 0 Å². The van der Waals surface area contributed by atoms with Crippen molar-refractivity contribution in [1.82, 2.24) is 0 Å². The summed E-state index contributed by atoms with van der Waals surface area (Å²) >= 11 is 0. The first-order valence-electron chi connectivity index (χ1n) is 5.29. The fraction of sp³-hybridized carbons (Fsp3) is 0.500. The summed E-state index contributed by atoms with van der Waals surface area (Å²) in [6.07, 6.45) is -3.23. The van der Waals surface area contributed by atoms with Gasteiger partial charge >= 0.3 is 6.18 Å². The molecular weight excluding hydrogens is 233 g/mol. The van der Waals surface area contributed by atoms with Crippen LogP contribution in [0.15, 0.2) is 18.2 Å². The molecule has 2 nitrogen and oxygen atoms in total. The van der Waals surface area contributed by atoms with Crippen LogP contribution in [0.5, 0.6) is 5.75 Å². The summed E-state index contributed by atoms with van der Waals surface area (Å²) in [5.41, 5.74) is -1.23. The molecule has 17 heavy (non-hydrogen) atoms. The maximum absolute atomic E-state index is 12.9. The van der Waals surface area contributed by atoms with Gasteiger partial charge in [-0.05, 0) is 30.5 Å². The minimum atomic E-state index is -4.42. The van der Waals surface area contributed by atoms with Gasteiger partial charge in [0.2, 0.25) is 0 Å². The lowest BCUT2D eigenvalue weighted by Crippen LogP contribution is -2.19. The Morgan fingerprint density at radius 3 is 2.41 bits per heavy atom. The van der Waals surface area contributed by atoms with Gasteiger partial charge < -0.3 is 9.84 Å². The Labute approximate surface area is 97.0 Å². The van der Waals surface area contributed by atoms with Gasteiger partial charge in [-0.15, -0.1) is 0 Å². The van der Waals surface area contributed by atoms with Crippen molar-refractivity contribution < 1.29 is 23.0 Å². The van der Waals surface area contributed by atoms with Crippen LogP contribution in [0, 0.1) is 0 Å². The highest BCUT2D eigenvalue weighted by atomic mass is 19.4. The molecule has 0 radical (unpaired) electrons. The summed E-state index contributed by atoms with van der Waals surface area (Å²) in [7, 11) is 1.33. The lowest BCUT2D eigenvalue weighted by molar-refractivity contribution is -0.138. The quantitative estimate of drug-likeness (QED) is 0.888. The van der Waals surface area contributed by atoms with E-state index >= 15 is 0 Å².